The van der Waals surface area contributed by atoms with Crippen molar-refractivity contribution in [1.82, 2.24) is 19.0 Å². The Morgan fingerprint density at radius 2 is 1.69 bits per heavy atom. The first kappa shape index (κ1) is 31.4. The summed E-state index contributed by atoms with van der Waals surface area (Å²) < 4.78 is 33.7. The molecule has 1 aromatic rings. The van der Waals surface area contributed by atoms with Crippen LogP contribution < -0.4 is 4.74 Å². The fourth-order valence-corrected chi connectivity index (χ4v) is 7.94. The zero-order valence-corrected chi connectivity index (χ0v) is 25.7. The van der Waals surface area contributed by atoms with Crippen molar-refractivity contribution in [3.8, 4) is 5.75 Å². The van der Waals surface area contributed by atoms with Crippen LogP contribution in [0, 0.1) is 25.7 Å². The molecule has 3 rings (SSSR count). The summed E-state index contributed by atoms with van der Waals surface area (Å²) in [7, 11) is 0.986. The number of rotatable bonds is 11. The fourth-order valence-electron chi connectivity index (χ4n) is 6.42. The minimum Gasteiger partial charge on any atom is -0.497 e. The minimum atomic E-state index is -3.88. The van der Waals surface area contributed by atoms with Crippen LogP contribution in [0.3, 0.4) is 0 Å². The van der Waals surface area contributed by atoms with Gasteiger partial charge in [-0.3, -0.25) is 9.59 Å². The van der Waals surface area contributed by atoms with Crippen LogP contribution in [-0.4, -0.2) is 106 Å². The van der Waals surface area contributed by atoms with Gasteiger partial charge in [-0.25, -0.2) is 8.42 Å². The molecule has 0 aromatic heterocycles. The van der Waals surface area contributed by atoms with Crippen LogP contribution in [0.15, 0.2) is 17.0 Å². The van der Waals surface area contributed by atoms with Crippen LogP contribution in [0.1, 0.15) is 57.1 Å². The van der Waals surface area contributed by atoms with Crippen molar-refractivity contribution < 1.29 is 22.7 Å². The molecular formula is C29H48N4O5S. The molecule has 1 heterocycles. The van der Waals surface area contributed by atoms with Crippen LogP contribution >= 0.6 is 0 Å². The van der Waals surface area contributed by atoms with Gasteiger partial charge in [-0.2, -0.15) is 4.31 Å². The Labute approximate surface area is 235 Å². The second kappa shape index (κ2) is 13.5. The third kappa shape index (κ3) is 7.52. The van der Waals surface area contributed by atoms with E-state index < -0.39 is 10.0 Å². The molecule has 3 atom stereocenters. The number of likely N-dealkylation sites (tertiary alicyclic amines) is 1. The summed E-state index contributed by atoms with van der Waals surface area (Å²) in [5, 5.41) is 0. The summed E-state index contributed by atoms with van der Waals surface area (Å²) in [6, 6.07) is 3.43. The number of amides is 2. The molecule has 1 saturated heterocycles. The minimum absolute atomic E-state index is 0.0165. The summed E-state index contributed by atoms with van der Waals surface area (Å²) in [5.41, 5.74) is 1.18. The van der Waals surface area contributed by atoms with E-state index in [1.807, 2.05) is 18.9 Å². The standard InChI is InChI=1S/C29H48N4O5S/c1-8-33(28(35)20-31(6)39(36,37)29-21(2)15-26(38-7)16-22(29)3)27-17-24(18-30(5)23(4)34)11-12-25(27)19-32-13-9-10-14-32/h15-16,24-25,27H,8-14,17-20H2,1-7H3/t24-,25+,27?/m1/s1. The van der Waals surface area contributed by atoms with Gasteiger partial charge in [0.2, 0.25) is 21.8 Å². The molecule has 2 aliphatic rings. The largest absolute Gasteiger partial charge is 0.497 e. The zero-order chi connectivity index (χ0) is 28.9. The highest BCUT2D eigenvalue weighted by Crippen LogP contribution is 2.35. The second-order valence-electron chi connectivity index (χ2n) is 11.4. The fraction of sp³-hybridized carbons (Fsp3) is 0.724. The lowest BCUT2D eigenvalue weighted by Crippen LogP contribution is -2.53. The highest BCUT2D eigenvalue weighted by atomic mass is 32.2. The van der Waals surface area contributed by atoms with E-state index in [4.69, 9.17) is 4.74 Å². The molecule has 39 heavy (non-hydrogen) atoms. The molecular weight excluding hydrogens is 516 g/mol. The van der Waals surface area contributed by atoms with Crippen molar-refractivity contribution in [1.29, 1.82) is 0 Å². The van der Waals surface area contributed by atoms with Crippen LogP contribution in [0.2, 0.25) is 0 Å². The van der Waals surface area contributed by atoms with Crippen LogP contribution in [0.4, 0.5) is 0 Å². The van der Waals surface area contributed by atoms with Gasteiger partial charge in [0.15, 0.2) is 0 Å². The van der Waals surface area contributed by atoms with Crippen LogP contribution in [0.5, 0.6) is 5.75 Å². The highest BCUT2D eigenvalue weighted by Gasteiger charge is 2.38. The number of ether oxygens (including phenoxy) is 1. The van der Waals surface area contributed by atoms with Gasteiger partial charge in [0, 0.05) is 46.7 Å². The smallest absolute Gasteiger partial charge is 0.243 e. The van der Waals surface area contributed by atoms with Gasteiger partial charge >= 0.3 is 0 Å². The summed E-state index contributed by atoms with van der Waals surface area (Å²) >= 11 is 0. The molecule has 2 fully saturated rings. The summed E-state index contributed by atoms with van der Waals surface area (Å²) in [6.45, 7) is 11.2. The summed E-state index contributed by atoms with van der Waals surface area (Å²) in [4.78, 5) is 32.1. The van der Waals surface area contributed by atoms with E-state index in [2.05, 4.69) is 4.90 Å². The maximum atomic E-state index is 13.8. The molecule has 0 radical (unpaired) electrons. The topological polar surface area (TPSA) is 90.5 Å². The first-order valence-electron chi connectivity index (χ1n) is 14.2. The van der Waals surface area contributed by atoms with E-state index in [-0.39, 0.29) is 29.3 Å². The van der Waals surface area contributed by atoms with E-state index in [0.717, 1.165) is 38.9 Å². The number of sulfonamides is 1. The van der Waals surface area contributed by atoms with Crippen molar-refractivity contribution in [2.24, 2.45) is 11.8 Å². The van der Waals surface area contributed by atoms with E-state index in [9.17, 15) is 18.0 Å². The van der Waals surface area contributed by atoms with Crippen molar-refractivity contribution in [2.75, 3.05) is 60.5 Å². The molecule has 1 saturated carbocycles. The monoisotopic (exact) mass is 564 g/mol. The quantitative estimate of drug-likeness (QED) is 0.410. The van der Waals surface area contributed by atoms with Gasteiger partial charge in [0.1, 0.15) is 5.75 Å². The van der Waals surface area contributed by atoms with Crippen molar-refractivity contribution in [2.45, 2.75) is 70.7 Å². The van der Waals surface area contributed by atoms with E-state index in [1.54, 1.807) is 44.9 Å². The SMILES string of the molecule is CCN(C(=O)CN(C)S(=O)(=O)c1c(C)cc(OC)cc1C)C1C[C@H](CN(C)C(C)=O)CC[C@H]1CN1CCCC1. The first-order valence-corrected chi connectivity index (χ1v) is 15.7. The van der Waals surface area contributed by atoms with E-state index >= 15 is 0 Å². The highest BCUT2D eigenvalue weighted by molar-refractivity contribution is 7.89. The Balaban J connectivity index is 1.81. The number of nitrogens with zero attached hydrogens (tertiary/aromatic N) is 4. The van der Waals surface area contributed by atoms with Gasteiger partial charge in [-0.15, -0.1) is 0 Å². The predicted octanol–water partition coefficient (Wildman–Crippen LogP) is 3.14. The lowest BCUT2D eigenvalue weighted by molar-refractivity contribution is -0.136. The van der Waals surface area contributed by atoms with Crippen molar-refractivity contribution in [3.63, 3.8) is 0 Å². The number of carbonyl (C=O) groups is 2. The molecule has 1 aliphatic carbocycles. The molecule has 0 N–H and O–H groups in total. The number of benzene rings is 1. The second-order valence-corrected chi connectivity index (χ2v) is 13.4. The Kier molecular flexibility index (Phi) is 10.8. The first-order chi connectivity index (χ1) is 18.4. The number of aryl methyl sites for hydroxylation is 2. The Morgan fingerprint density at radius 3 is 2.23 bits per heavy atom. The van der Waals surface area contributed by atoms with Gasteiger partial charge in [-0.05, 0) is 101 Å². The third-order valence-corrected chi connectivity index (χ3v) is 10.7. The van der Waals surface area contributed by atoms with Crippen LogP contribution in [-0.2, 0) is 19.6 Å². The number of methoxy groups -OCH3 is 1. The molecule has 9 nitrogen and oxygen atoms in total. The lowest BCUT2D eigenvalue weighted by atomic mass is 9.76. The van der Waals surface area contributed by atoms with Crippen molar-refractivity contribution in [3.05, 3.63) is 23.3 Å². The van der Waals surface area contributed by atoms with Crippen LogP contribution in [0.25, 0.3) is 0 Å². The molecule has 0 spiro atoms. The van der Waals surface area contributed by atoms with Gasteiger partial charge in [0.25, 0.3) is 0 Å². The number of hydrogen-bond acceptors (Lipinski definition) is 6. The van der Waals surface area contributed by atoms with E-state index in [1.165, 1.54) is 24.2 Å². The summed E-state index contributed by atoms with van der Waals surface area (Å²) in [5.74, 6) is 1.12. The Morgan fingerprint density at radius 1 is 1.08 bits per heavy atom. The molecule has 0 bridgehead atoms. The van der Waals surface area contributed by atoms with Crippen molar-refractivity contribution >= 4 is 21.8 Å². The normalized spacial score (nSPS) is 22.2. The lowest BCUT2D eigenvalue weighted by Gasteiger charge is -2.44. The molecule has 220 valence electrons. The van der Waals surface area contributed by atoms with Gasteiger partial charge < -0.3 is 19.4 Å². The Bertz CT molecular complexity index is 1100. The molecule has 10 heteroatoms. The number of hydrogen-bond donors (Lipinski definition) is 0. The average molecular weight is 565 g/mol. The zero-order valence-electron chi connectivity index (χ0n) is 24.9. The molecule has 1 aliphatic heterocycles. The van der Waals surface area contributed by atoms with E-state index in [0.29, 0.717) is 41.8 Å². The maximum absolute atomic E-state index is 13.8. The number of likely N-dealkylation sites (N-methyl/N-ethyl adjacent to an activating group) is 2. The third-order valence-electron chi connectivity index (χ3n) is 8.58. The number of carbonyl (C=O) groups excluding carboxylic acids is 2. The predicted molar refractivity (Wildman–Crippen MR) is 153 cm³/mol. The average Bonchev–Trinajstić information content (AvgIpc) is 3.38. The van der Waals surface area contributed by atoms with Gasteiger partial charge in [-0.1, -0.05) is 0 Å². The maximum Gasteiger partial charge on any atom is 0.243 e. The molecule has 2 amide bonds. The molecule has 1 aromatic carbocycles. The summed E-state index contributed by atoms with van der Waals surface area (Å²) in [6.07, 6.45) is 5.28. The Hall–Kier alpha value is -2.17. The molecule has 1 unspecified atom stereocenters. The van der Waals surface area contributed by atoms with Gasteiger partial charge in [0.05, 0.1) is 18.6 Å².